The molecule has 3 aromatic rings. The highest BCUT2D eigenvalue weighted by Crippen LogP contribution is 2.29. The summed E-state index contributed by atoms with van der Waals surface area (Å²) in [4.78, 5) is 24.6. The number of nitrogens with zero attached hydrogens (tertiary/aromatic N) is 2. The molecule has 1 aromatic heterocycles. The van der Waals surface area contributed by atoms with Crippen LogP contribution in [0.25, 0.3) is 11.3 Å². The van der Waals surface area contributed by atoms with Crippen LogP contribution in [-0.2, 0) is 9.59 Å². The summed E-state index contributed by atoms with van der Waals surface area (Å²) in [6.07, 6.45) is 2.37. The van der Waals surface area contributed by atoms with E-state index in [4.69, 9.17) is 20.8 Å². The average Bonchev–Trinajstić information content (AvgIpc) is 3.45. The quantitative estimate of drug-likeness (QED) is 0.298. The third-order valence-electron chi connectivity index (χ3n) is 4.86. The van der Waals surface area contributed by atoms with Crippen LogP contribution in [0.4, 0.5) is 5.69 Å². The van der Waals surface area contributed by atoms with Gasteiger partial charge in [-0.1, -0.05) is 42.4 Å². The van der Waals surface area contributed by atoms with Crippen LogP contribution in [0.1, 0.15) is 25.5 Å². The number of halogens is 1. The molecule has 1 atom stereocenters. The van der Waals surface area contributed by atoms with E-state index in [-0.39, 0.29) is 18.2 Å². The topological polar surface area (TPSA) is 105 Å². The molecule has 2 N–H and O–H groups in total. The molecule has 1 aliphatic rings. The second-order valence-electron chi connectivity index (χ2n) is 7.55. The lowest BCUT2D eigenvalue weighted by molar-refractivity contribution is -0.122. The summed E-state index contributed by atoms with van der Waals surface area (Å²) in [6, 6.07) is 18.0. The molecule has 8 nitrogen and oxygen atoms in total. The highest BCUT2D eigenvalue weighted by atomic mass is 35.5. The van der Waals surface area contributed by atoms with Gasteiger partial charge in [-0.05, 0) is 55.0 Å². The van der Waals surface area contributed by atoms with Gasteiger partial charge in [0.05, 0.1) is 17.8 Å². The van der Waals surface area contributed by atoms with E-state index in [1.54, 1.807) is 42.5 Å². The van der Waals surface area contributed by atoms with Gasteiger partial charge in [-0.2, -0.15) is 5.10 Å². The fraction of sp³-hybridized carbons (Fsp3) is 0.200. The summed E-state index contributed by atoms with van der Waals surface area (Å²) in [6.45, 7) is 2.67. The summed E-state index contributed by atoms with van der Waals surface area (Å²) in [5.74, 6) is 1.28. The number of hydrogen-bond acceptors (Lipinski definition) is 7. The van der Waals surface area contributed by atoms with Crippen LogP contribution >= 0.6 is 23.4 Å². The first-order chi connectivity index (χ1) is 17.0. The van der Waals surface area contributed by atoms with Gasteiger partial charge in [-0.15, -0.1) is 5.10 Å². The van der Waals surface area contributed by atoms with Crippen molar-refractivity contribution in [3.8, 4) is 17.1 Å². The van der Waals surface area contributed by atoms with Crippen LogP contribution in [0.5, 0.6) is 5.75 Å². The zero-order valence-corrected chi connectivity index (χ0v) is 20.4. The summed E-state index contributed by atoms with van der Waals surface area (Å²) < 4.78 is 11.3. The molecule has 0 aliphatic carbocycles. The van der Waals surface area contributed by atoms with Crippen LogP contribution in [0.2, 0.25) is 5.02 Å². The Hall–Kier alpha value is -3.56. The van der Waals surface area contributed by atoms with Crippen molar-refractivity contribution in [2.24, 2.45) is 10.2 Å². The summed E-state index contributed by atoms with van der Waals surface area (Å²) >= 11 is 7.35. The van der Waals surface area contributed by atoms with E-state index in [1.165, 1.54) is 6.21 Å². The van der Waals surface area contributed by atoms with Gasteiger partial charge in [0, 0.05) is 17.7 Å². The number of furan rings is 1. The SMILES string of the molecule is CCCOc1ccc(NC(=O)C[C@@H]2S/C(=N/N=C\c3ccc(-c4ccccc4Cl)o3)NC2=O)cc1. The Bertz CT molecular complexity index is 1260. The van der Waals surface area contributed by atoms with E-state index in [9.17, 15) is 9.59 Å². The van der Waals surface area contributed by atoms with Crippen LogP contribution in [-0.4, -0.2) is 35.1 Å². The molecule has 1 fully saturated rings. The summed E-state index contributed by atoms with van der Waals surface area (Å²) in [5.41, 5.74) is 1.41. The van der Waals surface area contributed by atoms with Crippen LogP contribution in [0.3, 0.4) is 0 Å². The molecular weight excluding hydrogens is 488 g/mol. The van der Waals surface area contributed by atoms with Crippen molar-refractivity contribution in [1.82, 2.24) is 5.32 Å². The van der Waals surface area contributed by atoms with E-state index in [0.717, 1.165) is 29.5 Å². The molecule has 180 valence electrons. The molecular formula is C25H23ClN4O4S. The lowest BCUT2D eigenvalue weighted by Crippen LogP contribution is -2.28. The van der Waals surface area contributed by atoms with Crippen LogP contribution < -0.4 is 15.4 Å². The largest absolute Gasteiger partial charge is 0.494 e. The smallest absolute Gasteiger partial charge is 0.240 e. The van der Waals surface area contributed by atoms with Crippen molar-refractivity contribution in [2.45, 2.75) is 25.0 Å². The maximum atomic E-state index is 12.4. The van der Waals surface area contributed by atoms with E-state index in [2.05, 4.69) is 20.8 Å². The number of amides is 2. The fourth-order valence-electron chi connectivity index (χ4n) is 3.19. The Morgan fingerprint density at radius 1 is 1.20 bits per heavy atom. The van der Waals surface area contributed by atoms with Gasteiger partial charge in [0.2, 0.25) is 11.8 Å². The molecule has 0 bridgehead atoms. The van der Waals surface area contributed by atoms with Crippen molar-refractivity contribution in [3.63, 3.8) is 0 Å². The minimum absolute atomic E-state index is 0.00665. The molecule has 1 saturated heterocycles. The van der Waals surface area contributed by atoms with Crippen LogP contribution in [0, 0.1) is 0 Å². The number of ether oxygens (including phenoxy) is 1. The number of hydrogen-bond donors (Lipinski definition) is 2. The molecule has 2 heterocycles. The van der Waals surface area contributed by atoms with E-state index in [1.807, 2.05) is 25.1 Å². The Labute approximate surface area is 211 Å². The van der Waals surface area contributed by atoms with Gasteiger partial charge in [0.15, 0.2) is 5.17 Å². The number of rotatable bonds is 9. The second-order valence-corrected chi connectivity index (χ2v) is 9.15. The Morgan fingerprint density at radius 3 is 2.77 bits per heavy atom. The number of carbonyl (C=O) groups is 2. The predicted octanol–water partition coefficient (Wildman–Crippen LogP) is 5.34. The third kappa shape index (κ3) is 6.74. The molecule has 0 spiro atoms. The molecule has 2 amide bonds. The maximum Gasteiger partial charge on any atom is 0.240 e. The highest BCUT2D eigenvalue weighted by molar-refractivity contribution is 8.15. The first kappa shape index (κ1) is 24.6. The van der Waals surface area contributed by atoms with Gasteiger partial charge in [0.25, 0.3) is 0 Å². The number of nitrogens with one attached hydrogen (secondary N) is 2. The minimum atomic E-state index is -0.591. The maximum absolute atomic E-state index is 12.4. The molecule has 0 unspecified atom stereocenters. The van der Waals surface area contributed by atoms with Gasteiger partial charge >= 0.3 is 0 Å². The number of amidine groups is 1. The molecule has 0 saturated carbocycles. The number of benzene rings is 2. The van der Waals surface area contributed by atoms with Gasteiger partial charge in [-0.25, -0.2) is 0 Å². The van der Waals surface area contributed by atoms with Crippen molar-refractivity contribution < 1.29 is 18.7 Å². The number of carbonyl (C=O) groups excluding carboxylic acids is 2. The first-order valence-corrected chi connectivity index (χ1v) is 12.2. The van der Waals surface area contributed by atoms with Gasteiger partial charge in [-0.3, -0.25) is 9.59 Å². The number of anilines is 1. The van der Waals surface area contributed by atoms with Crippen molar-refractivity contribution in [2.75, 3.05) is 11.9 Å². The highest BCUT2D eigenvalue weighted by Gasteiger charge is 2.32. The zero-order valence-electron chi connectivity index (χ0n) is 18.9. The van der Waals surface area contributed by atoms with Crippen molar-refractivity contribution >= 4 is 52.2 Å². The normalized spacial score (nSPS) is 16.6. The lowest BCUT2D eigenvalue weighted by Gasteiger charge is -2.09. The molecule has 2 aromatic carbocycles. The third-order valence-corrected chi connectivity index (χ3v) is 6.26. The monoisotopic (exact) mass is 510 g/mol. The lowest BCUT2D eigenvalue weighted by atomic mass is 10.2. The van der Waals surface area contributed by atoms with Crippen LogP contribution in [0.15, 0.2) is 75.3 Å². The van der Waals surface area contributed by atoms with Gasteiger partial charge < -0.3 is 19.8 Å². The average molecular weight is 511 g/mol. The minimum Gasteiger partial charge on any atom is -0.494 e. The molecule has 10 heteroatoms. The van der Waals surface area contributed by atoms with Crippen molar-refractivity contribution in [1.29, 1.82) is 0 Å². The second kappa shape index (κ2) is 11.7. The molecule has 4 rings (SSSR count). The first-order valence-electron chi connectivity index (χ1n) is 11.0. The van der Waals surface area contributed by atoms with Gasteiger partial charge in [0.1, 0.15) is 22.5 Å². The zero-order chi connectivity index (χ0) is 24.6. The standard InChI is InChI=1S/C25H23ClN4O4S/c1-2-13-33-17-9-7-16(8-10-17)28-23(31)14-22-24(32)29-25(35-22)30-27-15-18-11-12-21(34-18)19-5-3-4-6-20(19)26/h3-12,15,22H,2,13-14H2,1H3,(H,28,31)(H,29,30,32)/b27-15-/t22-/m0/s1. The molecule has 0 radical (unpaired) electrons. The number of thioether (sulfide) groups is 1. The summed E-state index contributed by atoms with van der Waals surface area (Å²) in [5, 5.41) is 13.8. The Balaban J connectivity index is 1.29. The van der Waals surface area contributed by atoms with E-state index < -0.39 is 5.25 Å². The fourth-order valence-corrected chi connectivity index (χ4v) is 4.34. The van der Waals surface area contributed by atoms with E-state index in [0.29, 0.717) is 34.0 Å². The predicted molar refractivity (Wildman–Crippen MR) is 139 cm³/mol. The Kier molecular flexibility index (Phi) is 8.23. The molecule has 1 aliphatic heterocycles. The Morgan fingerprint density at radius 2 is 2.00 bits per heavy atom. The van der Waals surface area contributed by atoms with Crippen molar-refractivity contribution in [3.05, 3.63) is 71.4 Å². The van der Waals surface area contributed by atoms with E-state index >= 15 is 0 Å². The summed E-state index contributed by atoms with van der Waals surface area (Å²) in [7, 11) is 0. The molecule has 35 heavy (non-hydrogen) atoms.